The van der Waals surface area contributed by atoms with Crippen LogP contribution in [0.2, 0.25) is 0 Å². The topological polar surface area (TPSA) is 0 Å². The van der Waals surface area contributed by atoms with Crippen LogP contribution in [0.1, 0.15) is 90.7 Å². The number of hydrogen-bond acceptors (Lipinski definition) is 0. The summed E-state index contributed by atoms with van der Waals surface area (Å²) in [5.74, 6) is 3.81. The molecule has 0 amide bonds. The molecule has 1 aliphatic rings. The minimum absolute atomic E-state index is 0.0603. The highest BCUT2D eigenvalue weighted by Crippen LogP contribution is 2.46. The molecule has 0 spiro atoms. The van der Waals surface area contributed by atoms with E-state index < -0.39 is 0 Å². The third-order valence-corrected chi connectivity index (χ3v) is 7.46. The van der Waals surface area contributed by atoms with E-state index in [4.69, 9.17) is 0 Å². The smallest absolute Gasteiger partial charge is 0.126 e. The van der Waals surface area contributed by atoms with Crippen molar-refractivity contribution in [1.82, 2.24) is 0 Å². The third kappa shape index (κ3) is 5.04. The van der Waals surface area contributed by atoms with Crippen LogP contribution < -0.4 is 0 Å². The quantitative estimate of drug-likeness (QED) is 0.402. The Morgan fingerprint density at radius 2 is 1.85 bits per heavy atom. The SMILES string of the molecule is CCCC(C1C=C(C)[C@@H](C)CC1CC)C(CC)C(C)c1ccc(C)c(F)c1. The van der Waals surface area contributed by atoms with E-state index in [-0.39, 0.29) is 5.82 Å². The molecule has 0 saturated heterocycles. The molecule has 27 heavy (non-hydrogen) atoms. The molecule has 0 fully saturated rings. The summed E-state index contributed by atoms with van der Waals surface area (Å²) in [6.45, 7) is 15.9. The first-order valence-electron chi connectivity index (χ1n) is 11.3. The summed E-state index contributed by atoms with van der Waals surface area (Å²) in [4.78, 5) is 0. The van der Waals surface area contributed by atoms with Gasteiger partial charge in [-0.05, 0) is 79.4 Å². The maximum Gasteiger partial charge on any atom is 0.126 e. The van der Waals surface area contributed by atoms with Crippen molar-refractivity contribution in [1.29, 1.82) is 0 Å². The van der Waals surface area contributed by atoms with Crippen LogP contribution in [0.3, 0.4) is 0 Å². The predicted octanol–water partition coefficient (Wildman–Crippen LogP) is 8.31. The molecule has 5 unspecified atom stereocenters. The zero-order valence-electron chi connectivity index (χ0n) is 18.7. The maximum atomic E-state index is 14.2. The molecule has 2 rings (SSSR count). The van der Waals surface area contributed by atoms with Crippen LogP contribution in [0.5, 0.6) is 0 Å². The lowest BCUT2D eigenvalue weighted by Gasteiger charge is -2.43. The number of rotatable bonds is 8. The standard InChI is InChI=1S/C26H41F/c1-8-11-24(25-15-19(6)18(5)14-21(25)9-2)23(10-3)20(7)22-13-12-17(4)26(27)16-22/h12-13,15-16,18,20-21,23-25H,8-11,14H2,1-7H3/t18-,20?,21?,23?,24?,25?/m0/s1. The minimum atomic E-state index is -0.0603. The van der Waals surface area contributed by atoms with Crippen molar-refractivity contribution in [2.75, 3.05) is 0 Å². The molecule has 0 aliphatic heterocycles. The normalized spacial score (nSPS) is 26.4. The van der Waals surface area contributed by atoms with E-state index in [0.29, 0.717) is 23.7 Å². The van der Waals surface area contributed by atoms with E-state index in [2.05, 4.69) is 53.7 Å². The lowest BCUT2D eigenvalue weighted by Crippen LogP contribution is -2.34. The van der Waals surface area contributed by atoms with Gasteiger partial charge in [-0.25, -0.2) is 4.39 Å². The van der Waals surface area contributed by atoms with Crippen LogP contribution in [0.25, 0.3) is 0 Å². The second-order valence-corrected chi connectivity index (χ2v) is 9.12. The molecule has 152 valence electrons. The minimum Gasteiger partial charge on any atom is -0.207 e. The van der Waals surface area contributed by atoms with Crippen LogP contribution in [0.15, 0.2) is 29.8 Å². The van der Waals surface area contributed by atoms with Gasteiger partial charge in [-0.1, -0.05) is 77.7 Å². The van der Waals surface area contributed by atoms with Gasteiger partial charge in [-0.3, -0.25) is 0 Å². The molecule has 0 N–H and O–H groups in total. The Morgan fingerprint density at radius 1 is 1.15 bits per heavy atom. The fraction of sp³-hybridized carbons (Fsp3) is 0.692. The van der Waals surface area contributed by atoms with Gasteiger partial charge in [0.1, 0.15) is 5.82 Å². The monoisotopic (exact) mass is 372 g/mol. The van der Waals surface area contributed by atoms with Gasteiger partial charge < -0.3 is 0 Å². The number of aryl methyl sites for hydroxylation is 1. The number of hydrogen-bond donors (Lipinski definition) is 0. The van der Waals surface area contributed by atoms with Crippen molar-refractivity contribution in [2.24, 2.45) is 29.6 Å². The second kappa shape index (κ2) is 9.89. The third-order valence-electron chi connectivity index (χ3n) is 7.46. The average Bonchev–Trinajstić information content (AvgIpc) is 2.65. The summed E-state index contributed by atoms with van der Waals surface area (Å²) in [5, 5.41) is 0. The molecule has 1 aromatic carbocycles. The molecule has 0 heterocycles. The highest BCUT2D eigenvalue weighted by Gasteiger charge is 2.37. The van der Waals surface area contributed by atoms with Crippen molar-refractivity contribution >= 4 is 0 Å². The van der Waals surface area contributed by atoms with Gasteiger partial charge in [0, 0.05) is 0 Å². The van der Waals surface area contributed by atoms with Crippen LogP contribution in [-0.2, 0) is 0 Å². The van der Waals surface area contributed by atoms with Crippen LogP contribution in [0, 0.1) is 42.3 Å². The molecule has 0 aromatic heterocycles. The zero-order valence-corrected chi connectivity index (χ0v) is 18.7. The number of halogens is 1. The Kier molecular flexibility index (Phi) is 8.13. The van der Waals surface area contributed by atoms with Crippen molar-refractivity contribution < 1.29 is 4.39 Å². The molecule has 1 aromatic rings. The van der Waals surface area contributed by atoms with Gasteiger partial charge in [0.2, 0.25) is 0 Å². The summed E-state index contributed by atoms with van der Waals surface area (Å²) in [7, 11) is 0. The van der Waals surface area contributed by atoms with Gasteiger partial charge >= 0.3 is 0 Å². The first-order chi connectivity index (χ1) is 12.8. The summed E-state index contributed by atoms with van der Waals surface area (Å²) < 4.78 is 14.2. The molecular formula is C26H41F. The Balaban J connectivity index is 2.37. The highest BCUT2D eigenvalue weighted by atomic mass is 19.1. The summed E-state index contributed by atoms with van der Waals surface area (Å²) in [6.07, 6.45) is 8.88. The fourth-order valence-corrected chi connectivity index (χ4v) is 5.50. The van der Waals surface area contributed by atoms with Gasteiger partial charge in [0.15, 0.2) is 0 Å². The molecule has 1 aliphatic carbocycles. The lowest BCUT2D eigenvalue weighted by molar-refractivity contribution is 0.138. The largest absolute Gasteiger partial charge is 0.207 e. The van der Waals surface area contributed by atoms with Crippen molar-refractivity contribution in [3.63, 3.8) is 0 Å². The molecule has 1 heteroatoms. The first kappa shape index (κ1) is 22.2. The molecule has 0 radical (unpaired) electrons. The van der Waals surface area contributed by atoms with Gasteiger partial charge in [0.05, 0.1) is 0 Å². The Labute approximate surface area is 167 Å². The van der Waals surface area contributed by atoms with Gasteiger partial charge in [-0.2, -0.15) is 0 Å². The Morgan fingerprint density at radius 3 is 2.41 bits per heavy atom. The highest BCUT2D eigenvalue weighted by molar-refractivity contribution is 5.26. The second-order valence-electron chi connectivity index (χ2n) is 9.12. The average molecular weight is 373 g/mol. The number of benzene rings is 1. The summed E-state index contributed by atoms with van der Waals surface area (Å²) >= 11 is 0. The number of allylic oxidation sites excluding steroid dienone is 2. The molecule has 0 nitrogen and oxygen atoms in total. The molecule has 0 bridgehead atoms. The van der Waals surface area contributed by atoms with E-state index in [0.717, 1.165) is 23.8 Å². The van der Waals surface area contributed by atoms with E-state index in [9.17, 15) is 4.39 Å². The Hall–Kier alpha value is -1.11. The fourth-order valence-electron chi connectivity index (χ4n) is 5.50. The van der Waals surface area contributed by atoms with Gasteiger partial charge in [0.25, 0.3) is 0 Å². The van der Waals surface area contributed by atoms with Crippen LogP contribution >= 0.6 is 0 Å². The van der Waals surface area contributed by atoms with E-state index in [1.807, 2.05) is 13.0 Å². The summed E-state index contributed by atoms with van der Waals surface area (Å²) in [6, 6.07) is 5.88. The Bertz CT molecular complexity index is 629. The van der Waals surface area contributed by atoms with Crippen molar-refractivity contribution in [3.05, 3.63) is 46.8 Å². The van der Waals surface area contributed by atoms with E-state index in [1.54, 1.807) is 11.6 Å². The van der Waals surface area contributed by atoms with Crippen LogP contribution in [0.4, 0.5) is 4.39 Å². The van der Waals surface area contributed by atoms with E-state index in [1.165, 1.54) is 31.2 Å². The first-order valence-corrected chi connectivity index (χ1v) is 11.3. The van der Waals surface area contributed by atoms with Crippen molar-refractivity contribution in [2.45, 2.75) is 86.5 Å². The maximum absolute atomic E-state index is 14.2. The van der Waals surface area contributed by atoms with Crippen molar-refractivity contribution in [3.8, 4) is 0 Å². The zero-order chi connectivity index (χ0) is 20.1. The van der Waals surface area contributed by atoms with Gasteiger partial charge in [-0.15, -0.1) is 0 Å². The summed E-state index contributed by atoms with van der Waals surface area (Å²) in [5.41, 5.74) is 3.49. The van der Waals surface area contributed by atoms with Crippen LogP contribution in [-0.4, -0.2) is 0 Å². The molecular weight excluding hydrogens is 331 g/mol. The van der Waals surface area contributed by atoms with E-state index >= 15 is 0 Å². The predicted molar refractivity (Wildman–Crippen MR) is 117 cm³/mol. The molecule has 6 atom stereocenters. The lowest BCUT2D eigenvalue weighted by atomic mass is 9.62. The molecule has 0 saturated carbocycles.